The van der Waals surface area contributed by atoms with Crippen molar-refractivity contribution in [3.63, 3.8) is 0 Å². The van der Waals surface area contributed by atoms with Crippen LogP contribution in [0.4, 0.5) is 5.69 Å². The van der Waals surface area contributed by atoms with Crippen molar-refractivity contribution in [1.29, 1.82) is 0 Å². The highest BCUT2D eigenvalue weighted by molar-refractivity contribution is 9.10. The lowest BCUT2D eigenvalue weighted by Gasteiger charge is -2.17. The van der Waals surface area contributed by atoms with Crippen LogP contribution in [-0.4, -0.2) is 7.11 Å². The molecule has 4 heteroatoms. The smallest absolute Gasteiger partial charge is 0.133 e. The summed E-state index contributed by atoms with van der Waals surface area (Å²) in [4.78, 5) is 0. The van der Waals surface area contributed by atoms with Gasteiger partial charge < -0.3 is 10.1 Å². The van der Waals surface area contributed by atoms with Gasteiger partial charge in [0.05, 0.1) is 11.6 Å². The van der Waals surface area contributed by atoms with Gasteiger partial charge in [-0.25, -0.2) is 0 Å². The molecule has 0 bridgehead atoms. The number of rotatable bonds is 4. The normalized spacial score (nSPS) is 12.1. The lowest BCUT2D eigenvalue weighted by atomic mass is 10.1. The lowest BCUT2D eigenvalue weighted by Crippen LogP contribution is -2.07. The molecule has 0 saturated heterocycles. The molecule has 0 heterocycles. The molecule has 2 aromatic carbocycles. The zero-order chi connectivity index (χ0) is 14.7. The Morgan fingerprint density at radius 3 is 2.45 bits per heavy atom. The average molecular weight is 399 g/mol. The Morgan fingerprint density at radius 1 is 1.10 bits per heavy atom. The number of nitrogens with one attached hydrogen (secondary N) is 1. The summed E-state index contributed by atoms with van der Waals surface area (Å²) in [5, 5.41) is 3.51. The van der Waals surface area contributed by atoms with Gasteiger partial charge in [-0.15, -0.1) is 0 Å². The van der Waals surface area contributed by atoms with E-state index in [0.717, 1.165) is 20.4 Å². The number of benzene rings is 2. The summed E-state index contributed by atoms with van der Waals surface area (Å²) in [6.07, 6.45) is 0. The van der Waals surface area contributed by atoms with Crippen LogP contribution in [0.15, 0.2) is 45.3 Å². The van der Waals surface area contributed by atoms with Crippen molar-refractivity contribution in [3.05, 3.63) is 56.5 Å². The molecule has 1 N–H and O–H groups in total. The molecule has 0 radical (unpaired) electrons. The van der Waals surface area contributed by atoms with Crippen molar-refractivity contribution in [1.82, 2.24) is 0 Å². The Labute approximate surface area is 136 Å². The molecule has 0 aromatic heterocycles. The van der Waals surface area contributed by atoms with E-state index in [9.17, 15) is 0 Å². The summed E-state index contributed by atoms with van der Waals surface area (Å²) in [5.74, 6) is 0.847. The first-order valence-corrected chi connectivity index (χ1v) is 7.95. The predicted molar refractivity (Wildman–Crippen MR) is 91.6 cm³/mol. The molecule has 0 spiro atoms. The van der Waals surface area contributed by atoms with Gasteiger partial charge in [-0.1, -0.05) is 22.0 Å². The molecule has 2 aromatic rings. The minimum atomic E-state index is 0.214. The third-order valence-corrected chi connectivity index (χ3v) is 4.18. The minimum Gasteiger partial charge on any atom is -0.496 e. The Bertz CT molecular complexity index is 593. The molecule has 0 aliphatic carbocycles. The molecule has 2 rings (SSSR count). The van der Waals surface area contributed by atoms with Gasteiger partial charge in [0.15, 0.2) is 0 Å². The monoisotopic (exact) mass is 397 g/mol. The molecule has 0 fully saturated rings. The second-order valence-corrected chi connectivity index (χ2v) is 6.55. The Balaban J connectivity index is 2.19. The highest BCUT2D eigenvalue weighted by Gasteiger charge is 2.09. The van der Waals surface area contributed by atoms with Gasteiger partial charge in [0.1, 0.15) is 5.75 Å². The van der Waals surface area contributed by atoms with Crippen molar-refractivity contribution in [3.8, 4) is 5.75 Å². The van der Waals surface area contributed by atoms with Crippen molar-refractivity contribution in [2.24, 2.45) is 0 Å². The molecule has 0 amide bonds. The topological polar surface area (TPSA) is 21.3 Å². The standard InChI is InChI=1S/C16H17Br2NO/c1-10-6-13(17)9-14(7-10)19-11(2)12-4-5-16(20-3)15(18)8-12/h4-9,11,19H,1-3H3. The number of methoxy groups -OCH3 is 1. The van der Waals surface area contributed by atoms with E-state index in [4.69, 9.17) is 4.74 Å². The molecular formula is C16H17Br2NO. The Hall–Kier alpha value is -1.000. The molecule has 0 aliphatic heterocycles. The van der Waals surface area contributed by atoms with Crippen LogP contribution in [0, 0.1) is 6.92 Å². The minimum absolute atomic E-state index is 0.214. The van der Waals surface area contributed by atoms with Gasteiger partial charge in [-0.2, -0.15) is 0 Å². The third-order valence-electron chi connectivity index (χ3n) is 3.10. The van der Waals surface area contributed by atoms with E-state index < -0.39 is 0 Å². The van der Waals surface area contributed by atoms with Crippen molar-refractivity contribution >= 4 is 37.5 Å². The van der Waals surface area contributed by atoms with Crippen LogP contribution < -0.4 is 10.1 Å². The van der Waals surface area contributed by atoms with Gasteiger partial charge in [-0.3, -0.25) is 0 Å². The molecule has 1 unspecified atom stereocenters. The second-order valence-electron chi connectivity index (χ2n) is 4.78. The fraction of sp³-hybridized carbons (Fsp3) is 0.250. The van der Waals surface area contributed by atoms with Crippen LogP contribution >= 0.6 is 31.9 Å². The maximum absolute atomic E-state index is 5.26. The fourth-order valence-electron chi connectivity index (χ4n) is 2.10. The zero-order valence-corrected chi connectivity index (χ0v) is 14.9. The summed E-state index contributed by atoms with van der Waals surface area (Å²) >= 11 is 7.05. The van der Waals surface area contributed by atoms with Crippen LogP contribution in [0.2, 0.25) is 0 Å². The highest BCUT2D eigenvalue weighted by atomic mass is 79.9. The predicted octanol–water partition coefficient (Wildman–Crippen LogP) is 5.70. The van der Waals surface area contributed by atoms with Crippen LogP contribution in [0.25, 0.3) is 0 Å². The van der Waals surface area contributed by atoms with Gasteiger partial charge in [0.25, 0.3) is 0 Å². The molecule has 106 valence electrons. The average Bonchev–Trinajstić information content (AvgIpc) is 2.37. The SMILES string of the molecule is COc1ccc(C(C)Nc2cc(C)cc(Br)c2)cc1Br. The summed E-state index contributed by atoms with van der Waals surface area (Å²) < 4.78 is 7.31. The summed E-state index contributed by atoms with van der Waals surface area (Å²) in [7, 11) is 1.67. The fourth-order valence-corrected chi connectivity index (χ4v) is 3.27. The first kappa shape index (κ1) is 15.4. The summed E-state index contributed by atoms with van der Waals surface area (Å²) in [6.45, 7) is 4.23. The second kappa shape index (κ2) is 6.64. The number of ether oxygens (including phenoxy) is 1. The van der Waals surface area contributed by atoms with Gasteiger partial charge in [0, 0.05) is 16.2 Å². The quantitative estimate of drug-likeness (QED) is 0.712. The van der Waals surface area contributed by atoms with Gasteiger partial charge in [-0.05, 0) is 71.2 Å². The number of halogens is 2. The van der Waals surface area contributed by atoms with Crippen LogP contribution in [-0.2, 0) is 0 Å². The van der Waals surface area contributed by atoms with E-state index in [1.807, 2.05) is 6.07 Å². The molecule has 1 atom stereocenters. The van der Waals surface area contributed by atoms with E-state index in [2.05, 4.69) is 81.4 Å². The van der Waals surface area contributed by atoms with E-state index in [1.165, 1.54) is 11.1 Å². The first-order chi connectivity index (χ1) is 9.49. The first-order valence-electron chi connectivity index (χ1n) is 6.37. The summed E-state index contributed by atoms with van der Waals surface area (Å²) in [5.41, 5.74) is 3.54. The van der Waals surface area contributed by atoms with Crippen LogP contribution in [0.5, 0.6) is 5.75 Å². The van der Waals surface area contributed by atoms with Crippen molar-refractivity contribution in [2.45, 2.75) is 19.9 Å². The zero-order valence-electron chi connectivity index (χ0n) is 11.7. The molecular weight excluding hydrogens is 382 g/mol. The van der Waals surface area contributed by atoms with Crippen LogP contribution in [0.3, 0.4) is 0 Å². The largest absolute Gasteiger partial charge is 0.496 e. The maximum atomic E-state index is 5.26. The highest BCUT2D eigenvalue weighted by Crippen LogP contribution is 2.30. The molecule has 2 nitrogen and oxygen atoms in total. The van der Waals surface area contributed by atoms with E-state index in [0.29, 0.717) is 0 Å². The number of anilines is 1. The number of aryl methyl sites for hydroxylation is 1. The van der Waals surface area contributed by atoms with Crippen LogP contribution in [0.1, 0.15) is 24.1 Å². The maximum Gasteiger partial charge on any atom is 0.133 e. The number of hydrogen-bond acceptors (Lipinski definition) is 2. The Morgan fingerprint density at radius 2 is 1.85 bits per heavy atom. The molecule has 0 aliphatic rings. The third kappa shape index (κ3) is 3.76. The van der Waals surface area contributed by atoms with Crippen molar-refractivity contribution < 1.29 is 4.74 Å². The van der Waals surface area contributed by atoms with E-state index in [1.54, 1.807) is 7.11 Å². The molecule has 20 heavy (non-hydrogen) atoms. The van der Waals surface area contributed by atoms with E-state index in [-0.39, 0.29) is 6.04 Å². The van der Waals surface area contributed by atoms with Gasteiger partial charge in [0.2, 0.25) is 0 Å². The van der Waals surface area contributed by atoms with Gasteiger partial charge >= 0.3 is 0 Å². The number of hydrogen-bond donors (Lipinski definition) is 1. The Kier molecular flexibility index (Phi) is 5.11. The molecule has 0 saturated carbocycles. The summed E-state index contributed by atoms with van der Waals surface area (Å²) in [6, 6.07) is 12.7. The van der Waals surface area contributed by atoms with Crippen molar-refractivity contribution in [2.75, 3.05) is 12.4 Å². The lowest BCUT2D eigenvalue weighted by molar-refractivity contribution is 0.412. The van der Waals surface area contributed by atoms with E-state index >= 15 is 0 Å².